The summed E-state index contributed by atoms with van der Waals surface area (Å²) in [5, 5.41) is 14.5. The maximum atomic E-state index is 11.5. The maximum Gasteiger partial charge on any atom is 0.227 e. The third-order valence-corrected chi connectivity index (χ3v) is 2.89. The fourth-order valence-corrected chi connectivity index (χ4v) is 1.64. The van der Waals surface area contributed by atoms with Crippen molar-refractivity contribution in [2.24, 2.45) is 16.8 Å². The van der Waals surface area contributed by atoms with Gasteiger partial charge in [0.15, 0.2) is 5.84 Å². The highest BCUT2D eigenvalue weighted by atomic mass is 35.5. The van der Waals surface area contributed by atoms with Crippen LogP contribution in [0.15, 0.2) is 23.4 Å². The van der Waals surface area contributed by atoms with E-state index in [1.165, 1.54) is 0 Å². The summed E-state index contributed by atoms with van der Waals surface area (Å²) >= 11 is 5.99. The van der Waals surface area contributed by atoms with Crippen LogP contribution >= 0.6 is 11.6 Å². The Hall–Kier alpha value is -1.75. The second kappa shape index (κ2) is 4.63. The third-order valence-electron chi connectivity index (χ3n) is 2.58. The zero-order valence-corrected chi connectivity index (χ0v) is 9.74. The average Bonchev–Trinajstić information content (AvgIpc) is 3.14. The molecule has 5 nitrogen and oxygen atoms in total. The normalized spacial score (nSPS) is 15.7. The van der Waals surface area contributed by atoms with Crippen LogP contribution in [0.2, 0.25) is 5.02 Å². The van der Waals surface area contributed by atoms with Gasteiger partial charge in [0.1, 0.15) is 0 Å². The van der Waals surface area contributed by atoms with E-state index in [0.717, 1.165) is 12.8 Å². The molecule has 0 aliphatic heterocycles. The fourth-order valence-electron chi connectivity index (χ4n) is 1.41. The molecule has 0 unspecified atom stereocenters. The number of rotatable bonds is 3. The molecule has 1 fully saturated rings. The Labute approximate surface area is 103 Å². The SMILES string of the molecule is N/C(=N/O)c1ccc(NC(=O)C2CC2)c(Cl)c1. The molecule has 4 N–H and O–H groups in total. The lowest BCUT2D eigenvalue weighted by Crippen LogP contribution is -2.15. The molecule has 90 valence electrons. The molecule has 1 aromatic rings. The minimum atomic E-state index is -0.0213. The van der Waals surface area contributed by atoms with Crippen molar-refractivity contribution in [3.8, 4) is 0 Å². The van der Waals surface area contributed by atoms with Gasteiger partial charge in [0.25, 0.3) is 0 Å². The van der Waals surface area contributed by atoms with Gasteiger partial charge in [-0.15, -0.1) is 0 Å². The van der Waals surface area contributed by atoms with Crippen LogP contribution in [0, 0.1) is 5.92 Å². The number of hydrogen-bond acceptors (Lipinski definition) is 3. The van der Waals surface area contributed by atoms with Crippen molar-refractivity contribution in [2.75, 3.05) is 5.32 Å². The zero-order chi connectivity index (χ0) is 12.4. The maximum absolute atomic E-state index is 11.5. The summed E-state index contributed by atoms with van der Waals surface area (Å²) in [5.74, 6) is 0.0882. The number of amides is 1. The molecule has 0 saturated heterocycles. The number of carbonyl (C=O) groups is 1. The van der Waals surface area contributed by atoms with E-state index < -0.39 is 0 Å². The van der Waals surface area contributed by atoms with Gasteiger partial charge in [-0.3, -0.25) is 4.79 Å². The molecule has 17 heavy (non-hydrogen) atoms. The number of benzene rings is 1. The average molecular weight is 254 g/mol. The Morgan fingerprint density at radius 1 is 1.53 bits per heavy atom. The van der Waals surface area contributed by atoms with Crippen LogP contribution in [-0.2, 0) is 4.79 Å². The van der Waals surface area contributed by atoms with Crippen molar-refractivity contribution in [3.63, 3.8) is 0 Å². The molecule has 0 bridgehead atoms. The van der Waals surface area contributed by atoms with E-state index in [9.17, 15) is 4.79 Å². The molecule has 1 aliphatic rings. The van der Waals surface area contributed by atoms with Crippen molar-refractivity contribution in [1.29, 1.82) is 0 Å². The van der Waals surface area contributed by atoms with Crippen LogP contribution in [-0.4, -0.2) is 17.0 Å². The van der Waals surface area contributed by atoms with Gasteiger partial charge in [-0.2, -0.15) is 0 Å². The fraction of sp³-hybridized carbons (Fsp3) is 0.273. The quantitative estimate of drug-likeness (QED) is 0.332. The summed E-state index contributed by atoms with van der Waals surface area (Å²) in [5.41, 5.74) is 6.47. The van der Waals surface area contributed by atoms with Crippen LogP contribution in [0.5, 0.6) is 0 Å². The third kappa shape index (κ3) is 2.68. The largest absolute Gasteiger partial charge is 0.409 e. The molecule has 2 rings (SSSR count). The van der Waals surface area contributed by atoms with E-state index in [1.807, 2.05) is 0 Å². The molecule has 0 spiro atoms. The van der Waals surface area contributed by atoms with E-state index >= 15 is 0 Å². The van der Waals surface area contributed by atoms with Crippen LogP contribution in [0.4, 0.5) is 5.69 Å². The number of hydrogen-bond donors (Lipinski definition) is 3. The van der Waals surface area contributed by atoms with Crippen molar-refractivity contribution < 1.29 is 10.0 Å². The van der Waals surface area contributed by atoms with Crippen molar-refractivity contribution in [2.45, 2.75) is 12.8 Å². The monoisotopic (exact) mass is 253 g/mol. The lowest BCUT2D eigenvalue weighted by Gasteiger charge is -2.07. The highest BCUT2D eigenvalue weighted by Gasteiger charge is 2.29. The van der Waals surface area contributed by atoms with E-state index in [0.29, 0.717) is 16.3 Å². The Kier molecular flexibility index (Phi) is 3.19. The first kappa shape index (κ1) is 11.7. The van der Waals surface area contributed by atoms with Gasteiger partial charge >= 0.3 is 0 Å². The summed E-state index contributed by atoms with van der Waals surface area (Å²) in [6.45, 7) is 0. The van der Waals surface area contributed by atoms with Crippen molar-refractivity contribution >= 4 is 29.0 Å². The van der Waals surface area contributed by atoms with Crippen LogP contribution in [0.3, 0.4) is 0 Å². The van der Waals surface area contributed by atoms with Gasteiger partial charge < -0.3 is 16.3 Å². The lowest BCUT2D eigenvalue weighted by molar-refractivity contribution is -0.117. The predicted octanol–water partition coefficient (Wildman–Crippen LogP) is 1.78. The van der Waals surface area contributed by atoms with E-state index in [2.05, 4.69) is 10.5 Å². The van der Waals surface area contributed by atoms with Gasteiger partial charge in [-0.25, -0.2) is 0 Å². The molecule has 0 radical (unpaired) electrons. The van der Waals surface area contributed by atoms with Gasteiger partial charge in [0.2, 0.25) is 5.91 Å². The molecular formula is C11H12ClN3O2. The molecule has 1 aromatic carbocycles. The number of nitrogens with two attached hydrogens (primary N) is 1. The summed E-state index contributed by atoms with van der Waals surface area (Å²) in [6, 6.07) is 4.80. The van der Waals surface area contributed by atoms with E-state index in [-0.39, 0.29) is 17.7 Å². The molecule has 0 aromatic heterocycles. The highest BCUT2D eigenvalue weighted by Crippen LogP contribution is 2.31. The number of amidine groups is 1. The molecule has 0 heterocycles. The number of carbonyl (C=O) groups excluding carboxylic acids is 1. The van der Waals surface area contributed by atoms with E-state index in [1.54, 1.807) is 18.2 Å². The van der Waals surface area contributed by atoms with Gasteiger partial charge in [0.05, 0.1) is 10.7 Å². The van der Waals surface area contributed by atoms with Crippen LogP contribution < -0.4 is 11.1 Å². The summed E-state index contributed by atoms with van der Waals surface area (Å²) in [4.78, 5) is 11.5. The Bertz CT molecular complexity index is 484. The highest BCUT2D eigenvalue weighted by molar-refractivity contribution is 6.34. The van der Waals surface area contributed by atoms with Gasteiger partial charge in [-0.1, -0.05) is 16.8 Å². The smallest absolute Gasteiger partial charge is 0.227 e. The Morgan fingerprint density at radius 3 is 2.76 bits per heavy atom. The molecule has 1 amide bonds. The molecule has 1 aliphatic carbocycles. The first-order valence-electron chi connectivity index (χ1n) is 5.20. The second-order valence-corrected chi connectivity index (χ2v) is 4.35. The molecule has 0 atom stereocenters. The first-order valence-corrected chi connectivity index (χ1v) is 5.58. The molecular weight excluding hydrogens is 242 g/mol. The predicted molar refractivity (Wildman–Crippen MR) is 65.3 cm³/mol. The summed E-state index contributed by atoms with van der Waals surface area (Å²) in [6.07, 6.45) is 1.87. The number of anilines is 1. The number of nitrogens with one attached hydrogen (secondary N) is 1. The molecule has 1 saturated carbocycles. The summed E-state index contributed by atoms with van der Waals surface area (Å²) < 4.78 is 0. The minimum absolute atomic E-state index is 0.0107. The minimum Gasteiger partial charge on any atom is -0.409 e. The number of nitrogens with zero attached hydrogens (tertiary/aromatic N) is 1. The van der Waals surface area contributed by atoms with Gasteiger partial charge in [-0.05, 0) is 31.0 Å². The number of oxime groups is 1. The molecule has 6 heteroatoms. The van der Waals surface area contributed by atoms with Crippen molar-refractivity contribution in [3.05, 3.63) is 28.8 Å². The summed E-state index contributed by atoms with van der Waals surface area (Å²) in [7, 11) is 0. The standard InChI is InChI=1S/C11H12ClN3O2/c12-8-5-7(10(13)15-17)3-4-9(8)14-11(16)6-1-2-6/h3-6,17H,1-2H2,(H2,13,15)(H,14,16). The number of halogens is 1. The van der Waals surface area contributed by atoms with Gasteiger partial charge in [0, 0.05) is 11.5 Å². The lowest BCUT2D eigenvalue weighted by atomic mass is 10.2. The Balaban J connectivity index is 2.16. The second-order valence-electron chi connectivity index (χ2n) is 3.94. The first-order chi connectivity index (χ1) is 8.11. The van der Waals surface area contributed by atoms with Crippen LogP contribution in [0.1, 0.15) is 18.4 Å². The van der Waals surface area contributed by atoms with Crippen molar-refractivity contribution in [1.82, 2.24) is 0 Å². The Morgan fingerprint density at radius 2 is 2.24 bits per heavy atom. The zero-order valence-electron chi connectivity index (χ0n) is 8.98. The van der Waals surface area contributed by atoms with E-state index in [4.69, 9.17) is 22.5 Å². The topological polar surface area (TPSA) is 87.7 Å². The van der Waals surface area contributed by atoms with Crippen LogP contribution in [0.25, 0.3) is 0 Å².